The Bertz CT molecular complexity index is 437. The molecule has 0 radical (unpaired) electrons. The average molecular weight is 220 g/mol. The van der Waals surface area contributed by atoms with Gasteiger partial charge in [-0.15, -0.1) is 0 Å². The Kier molecular flexibility index (Phi) is 2.31. The summed E-state index contributed by atoms with van der Waals surface area (Å²) in [5.41, 5.74) is -0.944. The minimum atomic E-state index is -1.78. The molecule has 2 N–H and O–H groups in total. The van der Waals surface area contributed by atoms with Crippen LogP contribution in [0.15, 0.2) is 24.3 Å². The van der Waals surface area contributed by atoms with Crippen molar-refractivity contribution in [3.63, 3.8) is 0 Å². The summed E-state index contributed by atoms with van der Waals surface area (Å²) in [5.74, 6) is -1.16. The Morgan fingerprint density at radius 3 is 2.56 bits per heavy atom. The van der Waals surface area contributed by atoms with E-state index in [2.05, 4.69) is 0 Å². The lowest BCUT2D eigenvalue weighted by Gasteiger charge is -2.44. The first kappa shape index (κ1) is 11.1. The number of hydrogen-bond acceptors (Lipinski definition) is 2. The predicted octanol–water partition coefficient (Wildman–Crippen LogP) is 1.93. The number of carbonyl (C=O) groups is 1. The molecule has 0 heterocycles. The molecule has 1 atom stereocenters. The summed E-state index contributed by atoms with van der Waals surface area (Å²) in [6, 6.07) is 7.25. The van der Waals surface area contributed by atoms with E-state index in [1.807, 2.05) is 12.1 Å². The van der Waals surface area contributed by atoms with Crippen molar-refractivity contribution in [2.45, 2.75) is 32.3 Å². The first-order chi connectivity index (χ1) is 7.39. The van der Waals surface area contributed by atoms with E-state index in [4.69, 9.17) is 0 Å². The van der Waals surface area contributed by atoms with Crippen molar-refractivity contribution in [1.82, 2.24) is 0 Å². The molecule has 0 spiro atoms. The number of benzene rings is 1. The van der Waals surface area contributed by atoms with Crippen LogP contribution in [0.3, 0.4) is 0 Å². The van der Waals surface area contributed by atoms with E-state index in [1.54, 1.807) is 26.0 Å². The van der Waals surface area contributed by atoms with E-state index in [-0.39, 0.29) is 0 Å². The molecule has 2 rings (SSSR count). The lowest BCUT2D eigenvalue weighted by molar-refractivity contribution is -0.177. The van der Waals surface area contributed by atoms with Crippen LogP contribution in [0, 0.1) is 5.41 Å². The van der Waals surface area contributed by atoms with Crippen LogP contribution in [0.25, 0.3) is 0 Å². The van der Waals surface area contributed by atoms with E-state index in [1.165, 1.54) is 0 Å². The molecule has 0 amide bonds. The smallest absolute Gasteiger partial charge is 0.340 e. The van der Waals surface area contributed by atoms with Gasteiger partial charge < -0.3 is 10.2 Å². The molecule has 3 heteroatoms. The molecule has 3 nitrogen and oxygen atoms in total. The first-order valence-corrected chi connectivity index (χ1v) is 5.44. The van der Waals surface area contributed by atoms with Crippen LogP contribution in [0.4, 0.5) is 0 Å². The Morgan fingerprint density at radius 2 is 1.94 bits per heavy atom. The van der Waals surface area contributed by atoms with Crippen LogP contribution in [0.5, 0.6) is 0 Å². The van der Waals surface area contributed by atoms with E-state index >= 15 is 0 Å². The summed E-state index contributed by atoms with van der Waals surface area (Å²) in [5, 5.41) is 19.9. The Morgan fingerprint density at radius 1 is 1.31 bits per heavy atom. The third-order valence-corrected chi connectivity index (χ3v) is 3.72. The quantitative estimate of drug-likeness (QED) is 0.760. The maximum atomic E-state index is 11.4. The zero-order chi connectivity index (χ0) is 12.0. The standard InChI is InChI=1S/C13H16O3/c1-12(2)8-7-9-5-3-4-6-10(9)13(12,16)11(14)15/h3-6,16H,7-8H2,1-2H3,(H,14,15). The highest BCUT2D eigenvalue weighted by Crippen LogP contribution is 2.48. The van der Waals surface area contributed by atoms with Crippen molar-refractivity contribution in [3.05, 3.63) is 35.4 Å². The van der Waals surface area contributed by atoms with E-state index in [0.29, 0.717) is 12.0 Å². The number of rotatable bonds is 1. The topological polar surface area (TPSA) is 57.5 Å². The average Bonchev–Trinajstić information content (AvgIpc) is 2.24. The maximum absolute atomic E-state index is 11.4. The van der Waals surface area contributed by atoms with Gasteiger partial charge >= 0.3 is 5.97 Å². The molecule has 0 fully saturated rings. The molecule has 1 unspecified atom stereocenters. The molecule has 0 aromatic heterocycles. The third kappa shape index (κ3) is 1.28. The van der Waals surface area contributed by atoms with Gasteiger partial charge in [0.15, 0.2) is 5.60 Å². The van der Waals surface area contributed by atoms with Crippen LogP contribution in [0.2, 0.25) is 0 Å². The van der Waals surface area contributed by atoms with E-state index < -0.39 is 17.0 Å². The normalized spacial score (nSPS) is 27.2. The largest absolute Gasteiger partial charge is 0.479 e. The van der Waals surface area contributed by atoms with Gasteiger partial charge in [0, 0.05) is 5.41 Å². The number of fused-ring (bicyclic) bond motifs is 1. The number of aliphatic carboxylic acids is 1. The van der Waals surface area contributed by atoms with Crippen molar-refractivity contribution in [3.8, 4) is 0 Å². The molecule has 0 saturated heterocycles. The van der Waals surface area contributed by atoms with Crippen molar-refractivity contribution < 1.29 is 15.0 Å². The van der Waals surface area contributed by atoms with Gasteiger partial charge in [-0.05, 0) is 24.0 Å². The fourth-order valence-electron chi connectivity index (χ4n) is 2.49. The summed E-state index contributed by atoms with van der Waals surface area (Å²) in [6.45, 7) is 3.61. The van der Waals surface area contributed by atoms with Gasteiger partial charge in [-0.2, -0.15) is 0 Å². The number of aryl methyl sites for hydroxylation is 1. The zero-order valence-corrected chi connectivity index (χ0v) is 9.53. The number of carboxylic acid groups (broad SMARTS) is 1. The van der Waals surface area contributed by atoms with Crippen molar-refractivity contribution in [2.24, 2.45) is 5.41 Å². The predicted molar refractivity (Wildman–Crippen MR) is 60.1 cm³/mol. The lowest BCUT2D eigenvalue weighted by atomic mass is 9.63. The van der Waals surface area contributed by atoms with Gasteiger partial charge in [-0.25, -0.2) is 4.79 Å². The summed E-state index contributed by atoms with van der Waals surface area (Å²) in [6.07, 6.45) is 1.49. The van der Waals surface area contributed by atoms with Crippen LogP contribution >= 0.6 is 0 Å². The summed E-state index contributed by atoms with van der Waals surface area (Å²) < 4.78 is 0. The van der Waals surface area contributed by atoms with Crippen LogP contribution < -0.4 is 0 Å². The highest BCUT2D eigenvalue weighted by molar-refractivity contribution is 5.81. The Hall–Kier alpha value is -1.35. The van der Waals surface area contributed by atoms with Gasteiger partial charge in [0.05, 0.1) is 0 Å². The summed E-state index contributed by atoms with van der Waals surface area (Å²) >= 11 is 0. The minimum Gasteiger partial charge on any atom is -0.479 e. The molecule has 1 aromatic carbocycles. The molecular weight excluding hydrogens is 204 g/mol. The monoisotopic (exact) mass is 220 g/mol. The van der Waals surface area contributed by atoms with Crippen molar-refractivity contribution in [2.75, 3.05) is 0 Å². The third-order valence-electron chi connectivity index (χ3n) is 3.72. The van der Waals surface area contributed by atoms with Gasteiger partial charge in [0.2, 0.25) is 0 Å². The fraction of sp³-hybridized carbons (Fsp3) is 0.462. The minimum absolute atomic E-state index is 0.541. The molecular formula is C13H16O3. The molecule has 1 aromatic rings. The number of carboxylic acids is 1. The first-order valence-electron chi connectivity index (χ1n) is 5.44. The Balaban J connectivity index is 2.67. The van der Waals surface area contributed by atoms with E-state index in [0.717, 1.165) is 12.0 Å². The van der Waals surface area contributed by atoms with Gasteiger partial charge in [-0.3, -0.25) is 0 Å². The zero-order valence-electron chi connectivity index (χ0n) is 9.53. The molecule has 1 aliphatic carbocycles. The number of hydrogen-bond donors (Lipinski definition) is 2. The van der Waals surface area contributed by atoms with Gasteiger partial charge in [0.25, 0.3) is 0 Å². The van der Waals surface area contributed by atoms with Crippen LogP contribution in [0.1, 0.15) is 31.4 Å². The molecule has 86 valence electrons. The van der Waals surface area contributed by atoms with Gasteiger partial charge in [0.1, 0.15) is 0 Å². The van der Waals surface area contributed by atoms with Crippen molar-refractivity contribution in [1.29, 1.82) is 0 Å². The second kappa shape index (κ2) is 3.32. The van der Waals surface area contributed by atoms with E-state index in [9.17, 15) is 15.0 Å². The SMILES string of the molecule is CC1(C)CCc2ccccc2C1(O)C(=O)O. The molecule has 0 saturated carbocycles. The second-order valence-corrected chi connectivity index (χ2v) is 5.06. The lowest BCUT2D eigenvalue weighted by Crippen LogP contribution is -2.51. The van der Waals surface area contributed by atoms with Crippen molar-refractivity contribution >= 4 is 5.97 Å². The maximum Gasteiger partial charge on any atom is 0.340 e. The summed E-state index contributed by atoms with van der Waals surface area (Å²) in [7, 11) is 0. The molecule has 0 aliphatic heterocycles. The highest BCUT2D eigenvalue weighted by atomic mass is 16.4. The molecule has 16 heavy (non-hydrogen) atoms. The molecule has 0 bridgehead atoms. The number of aliphatic hydroxyl groups is 1. The fourth-order valence-corrected chi connectivity index (χ4v) is 2.49. The highest BCUT2D eigenvalue weighted by Gasteiger charge is 2.54. The molecule has 1 aliphatic rings. The second-order valence-electron chi connectivity index (χ2n) is 5.06. The van der Waals surface area contributed by atoms with Crippen LogP contribution in [-0.4, -0.2) is 16.2 Å². The van der Waals surface area contributed by atoms with Gasteiger partial charge in [-0.1, -0.05) is 38.1 Å². The summed E-state index contributed by atoms with van der Waals surface area (Å²) in [4.78, 5) is 11.4. The van der Waals surface area contributed by atoms with Crippen LogP contribution in [-0.2, 0) is 16.8 Å². The Labute approximate surface area is 94.7 Å².